The molecule has 2 aromatic carbocycles. The highest BCUT2D eigenvalue weighted by Crippen LogP contribution is 2.23. The summed E-state index contributed by atoms with van der Waals surface area (Å²) in [7, 11) is 0. The van der Waals surface area contributed by atoms with Gasteiger partial charge in [0.2, 0.25) is 5.78 Å². The zero-order chi connectivity index (χ0) is 20.2. The van der Waals surface area contributed by atoms with Gasteiger partial charge in [0.25, 0.3) is 0 Å². The fourth-order valence-corrected chi connectivity index (χ4v) is 2.68. The molecule has 2 aromatic rings. The number of hydrogen-bond donors (Lipinski definition) is 0. The molecule has 0 amide bonds. The monoisotopic (exact) mass is 388 g/mol. The fraction of sp³-hybridized carbons (Fsp3) is 0.273. The van der Waals surface area contributed by atoms with E-state index in [9.17, 15) is 14.0 Å². The van der Waals surface area contributed by atoms with E-state index in [1.54, 1.807) is 12.1 Å². The van der Waals surface area contributed by atoms with E-state index in [0.717, 1.165) is 11.6 Å². The maximum Gasteiger partial charge on any atom is 0.331 e. The summed E-state index contributed by atoms with van der Waals surface area (Å²) in [4.78, 5) is 24.4. The second-order valence-electron chi connectivity index (χ2n) is 7.24. The quantitative estimate of drug-likeness (QED) is 0.380. The smallest absolute Gasteiger partial charge is 0.331 e. The number of carbonyl (C=O) groups is 2. The fourth-order valence-electron chi connectivity index (χ4n) is 2.46. The normalized spacial score (nSPS) is 12.8. The van der Waals surface area contributed by atoms with Gasteiger partial charge < -0.3 is 4.74 Å². The van der Waals surface area contributed by atoms with Gasteiger partial charge in [-0.1, -0.05) is 62.7 Å². The average Bonchev–Trinajstić information content (AvgIpc) is 2.60. The van der Waals surface area contributed by atoms with Gasteiger partial charge in [0.1, 0.15) is 5.82 Å². The van der Waals surface area contributed by atoms with Crippen molar-refractivity contribution < 1.29 is 18.7 Å². The number of Topliss-reactive ketones (excluding diaryl/α,β-unsaturated/α-hetero) is 1. The molecule has 3 nitrogen and oxygen atoms in total. The van der Waals surface area contributed by atoms with Crippen LogP contribution < -0.4 is 0 Å². The van der Waals surface area contributed by atoms with Crippen LogP contribution >= 0.6 is 11.6 Å². The maximum atomic E-state index is 13.7. The third-order valence-electron chi connectivity index (χ3n) is 4.08. The number of carbonyl (C=O) groups excluding carboxylic acids is 2. The zero-order valence-corrected chi connectivity index (χ0v) is 16.5. The number of esters is 1. The van der Waals surface area contributed by atoms with Crippen LogP contribution in [-0.4, -0.2) is 17.9 Å². The lowest BCUT2D eigenvalue weighted by Crippen LogP contribution is -2.23. The molecule has 0 unspecified atom stereocenters. The summed E-state index contributed by atoms with van der Waals surface area (Å²) in [6.07, 6.45) is 1.32. The van der Waals surface area contributed by atoms with E-state index >= 15 is 0 Å². The van der Waals surface area contributed by atoms with Crippen LogP contribution in [0.2, 0.25) is 5.02 Å². The van der Waals surface area contributed by atoms with Crippen molar-refractivity contribution >= 4 is 29.4 Å². The van der Waals surface area contributed by atoms with Gasteiger partial charge >= 0.3 is 5.97 Å². The minimum absolute atomic E-state index is 0.0154. The highest BCUT2D eigenvalue weighted by atomic mass is 35.5. The van der Waals surface area contributed by atoms with E-state index in [4.69, 9.17) is 16.3 Å². The molecule has 27 heavy (non-hydrogen) atoms. The molecule has 0 aromatic heterocycles. The largest absolute Gasteiger partial charge is 0.451 e. The van der Waals surface area contributed by atoms with Gasteiger partial charge in [-0.3, -0.25) is 4.79 Å². The van der Waals surface area contributed by atoms with Crippen LogP contribution in [0.3, 0.4) is 0 Å². The number of benzene rings is 2. The second kappa shape index (κ2) is 8.49. The molecular formula is C22H22ClFO3. The van der Waals surface area contributed by atoms with Gasteiger partial charge in [-0.05, 0) is 36.1 Å². The average molecular weight is 389 g/mol. The lowest BCUT2D eigenvalue weighted by atomic mass is 9.86. The molecule has 0 N–H and O–H groups in total. The molecule has 0 aliphatic heterocycles. The molecule has 0 radical (unpaired) electrons. The number of ketones is 1. The molecule has 0 saturated heterocycles. The molecule has 2 rings (SSSR count). The molecule has 0 aliphatic carbocycles. The Morgan fingerprint density at radius 1 is 1.11 bits per heavy atom. The van der Waals surface area contributed by atoms with E-state index in [2.05, 4.69) is 20.8 Å². The Labute approximate surface area is 163 Å². The van der Waals surface area contributed by atoms with E-state index < -0.39 is 17.9 Å². The Balaban J connectivity index is 2.03. The summed E-state index contributed by atoms with van der Waals surface area (Å²) >= 11 is 5.90. The first-order valence-corrected chi connectivity index (χ1v) is 8.95. The number of ether oxygens (including phenoxy) is 1. The van der Waals surface area contributed by atoms with Crippen LogP contribution in [0.5, 0.6) is 0 Å². The summed E-state index contributed by atoms with van der Waals surface area (Å²) in [6, 6.07) is 11.5. The van der Waals surface area contributed by atoms with E-state index in [1.807, 2.05) is 12.1 Å². The molecule has 142 valence electrons. The predicted molar refractivity (Wildman–Crippen MR) is 105 cm³/mol. The first kappa shape index (κ1) is 20.8. The molecule has 5 heteroatoms. The summed E-state index contributed by atoms with van der Waals surface area (Å²) in [5.41, 5.74) is 1.64. The van der Waals surface area contributed by atoms with Gasteiger partial charge in [-0.25, -0.2) is 9.18 Å². The predicted octanol–water partition coefficient (Wildman–Crippen LogP) is 5.60. The third-order valence-corrected chi connectivity index (χ3v) is 4.41. The molecule has 0 aliphatic rings. The van der Waals surface area contributed by atoms with Gasteiger partial charge in [-0.2, -0.15) is 0 Å². The van der Waals surface area contributed by atoms with Crippen LogP contribution in [0.1, 0.15) is 49.2 Å². The maximum absolute atomic E-state index is 13.7. The van der Waals surface area contributed by atoms with Crippen molar-refractivity contribution in [1.29, 1.82) is 0 Å². The lowest BCUT2D eigenvalue weighted by Gasteiger charge is -2.19. The van der Waals surface area contributed by atoms with E-state index in [0.29, 0.717) is 5.56 Å². The number of hydrogen-bond acceptors (Lipinski definition) is 3. The Morgan fingerprint density at radius 3 is 2.30 bits per heavy atom. The van der Waals surface area contributed by atoms with Crippen molar-refractivity contribution in [3.05, 3.63) is 76.1 Å². The van der Waals surface area contributed by atoms with Crippen LogP contribution in [0.15, 0.2) is 48.5 Å². The van der Waals surface area contributed by atoms with Crippen LogP contribution in [0, 0.1) is 5.82 Å². The number of halogens is 2. The van der Waals surface area contributed by atoms with Crippen molar-refractivity contribution in [1.82, 2.24) is 0 Å². The van der Waals surface area contributed by atoms with Crippen LogP contribution in [-0.2, 0) is 14.9 Å². The molecule has 0 spiro atoms. The Morgan fingerprint density at radius 2 is 1.74 bits per heavy atom. The zero-order valence-electron chi connectivity index (χ0n) is 15.8. The van der Waals surface area contributed by atoms with Crippen molar-refractivity contribution in [2.75, 3.05) is 0 Å². The first-order chi connectivity index (χ1) is 12.6. The lowest BCUT2D eigenvalue weighted by molar-refractivity contribution is -0.140. The van der Waals surface area contributed by atoms with Crippen LogP contribution in [0.25, 0.3) is 6.08 Å². The third kappa shape index (κ3) is 5.51. The van der Waals surface area contributed by atoms with Crippen molar-refractivity contribution in [3.63, 3.8) is 0 Å². The van der Waals surface area contributed by atoms with Gasteiger partial charge in [-0.15, -0.1) is 0 Å². The van der Waals surface area contributed by atoms with Gasteiger partial charge in [0.05, 0.1) is 5.02 Å². The summed E-state index contributed by atoms with van der Waals surface area (Å²) < 4.78 is 18.8. The molecule has 0 heterocycles. The standard InChI is InChI=1S/C22H22ClFO3/c1-14(21(26)15-8-10-16(11-9-15)22(2,3)4)27-20(25)13-12-17-18(23)6-5-7-19(17)24/h5-14H,1-4H3/b13-12+/t14-/m0/s1. The number of rotatable bonds is 5. The van der Waals surface area contributed by atoms with E-state index in [1.165, 1.54) is 31.2 Å². The Hall–Kier alpha value is -2.46. The van der Waals surface area contributed by atoms with Crippen molar-refractivity contribution in [2.24, 2.45) is 0 Å². The summed E-state index contributed by atoms with van der Waals surface area (Å²) in [6.45, 7) is 7.76. The molecular weight excluding hydrogens is 367 g/mol. The van der Waals surface area contributed by atoms with Gasteiger partial charge in [0.15, 0.2) is 6.10 Å². The topological polar surface area (TPSA) is 43.4 Å². The second-order valence-corrected chi connectivity index (χ2v) is 7.65. The minimum Gasteiger partial charge on any atom is -0.451 e. The van der Waals surface area contributed by atoms with E-state index in [-0.39, 0.29) is 21.8 Å². The summed E-state index contributed by atoms with van der Waals surface area (Å²) in [5, 5.41) is 0.183. The van der Waals surface area contributed by atoms with Gasteiger partial charge in [0, 0.05) is 17.2 Å². The molecule has 1 atom stereocenters. The minimum atomic E-state index is -0.960. The molecule has 0 fully saturated rings. The SMILES string of the molecule is C[C@H](OC(=O)/C=C/c1c(F)cccc1Cl)C(=O)c1ccc(C(C)(C)C)cc1. The summed E-state index contributed by atoms with van der Waals surface area (Å²) in [5.74, 6) is -1.60. The first-order valence-electron chi connectivity index (χ1n) is 8.57. The van der Waals surface area contributed by atoms with Crippen molar-refractivity contribution in [2.45, 2.75) is 39.2 Å². The molecule has 0 saturated carbocycles. The highest BCUT2D eigenvalue weighted by molar-refractivity contribution is 6.32. The Kier molecular flexibility index (Phi) is 6.55. The van der Waals surface area contributed by atoms with Crippen LogP contribution in [0.4, 0.5) is 4.39 Å². The van der Waals surface area contributed by atoms with Crippen molar-refractivity contribution in [3.8, 4) is 0 Å². The Bertz CT molecular complexity index is 844. The highest BCUT2D eigenvalue weighted by Gasteiger charge is 2.20. The molecule has 0 bridgehead atoms.